The maximum Gasteiger partial charge on any atom is 0.239 e. The summed E-state index contributed by atoms with van der Waals surface area (Å²) in [6, 6.07) is 0.870. The minimum atomic E-state index is -0.532. The SMILES string of the molecule is CC(C)NC(CN1CCC(N(C)C)C1)(C(N)=O)C1CC1. The highest BCUT2D eigenvalue weighted by Gasteiger charge is 2.51. The molecule has 2 atom stereocenters. The van der Waals surface area contributed by atoms with Crippen molar-refractivity contribution in [1.82, 2.24) is 15.1 Å². The topological polar surface area (TPSA) is 61.6 Å². The maximum absolute atomic E-state index is 12.2. The monoisotopic (exact) mass is 282 g/mol. The average Bonchev–Trinajstić information content (AvgIpc) is 3.08. The third-order valence-electron chi connectivity index (χ3n) is 4.71. The van der Waals surface area contributed by atoms with E-state index in [2.05, 4.69) is 43.1 Å². The summed E-state index contributed by atoms with van der Waals surface area (Å²) in [5.41, 5.74) is 5.26. The minimum absolute atomic E-state index is 0.179. The Morgan fingerprint density at radius 1 is 1.40 bits per heavy atom. The second-order valence-corrected chi connectivity index (χ2v) is 7.05. The van der Waals surface area contributed by atoms with Crippen LogP contribution in [0, 0.1) is 5.92 Å². The summed E-state index contributed by atoms with van der Waals surface area (Å²) < 4.78 is 0. The summed E-state index contributed by atoms with van der Waals surface area (Å²) in [4.78, 5) is 16.8. The molecule has 0 aromatic heterocycles. The summed E-state index contributed by atoms with van der Waals surface area (Å²) in [6.07, 6.45) is 3.41. The Bertz CT molecular complexity index is 354. The molecule has 116 valence electrons. The van der Waals surface area contributed by atoms with Crippen molar-refractivity contribution in [3.63, 3.8) is 0 Å². The van der Waals surface area contributed by atoms with Gasteiger partial charge in [-0.05, 0) is 59.7 Å². The van der Waals surface area contributed by atoms with Crippen LogP contribution < -0.4 is 11.1 Å². The van der Waals surface area contributed by atoms with E-state index in [4.69, 9.17) is 5.73 Å². The van der Waals surface area contributed by atoms with Gasteiger partial charge in [0, 0.05) is 25.2 Å². The minimum Gasteiger partial charge on any atom is -0.368 e. The van der Waals surface area contributed by atoms with Gasteiger partial charge in [-0.25, -0.2) is 0 Å². The van der Waals surface area contributed by atoms with Crippen LogP contribution in [0.15, 0.2) is 0 Å². The summed E-state index contributed by atoms with van der Waals surface area (Å²) in [7, 11) is 4.26. The molecule has 2 aliphatic rings. The van der Waals surface area contributed by atoms with E-state index >= 15 is 0 Å². The Hall–Kier alpha value is -0.650. The fourth-order valence-electron chi connectivity index (χ4n) is 3.46. The zero-order chi connectivity index (χ0) is 14.9. The van der Waals surface area contributed by atoms with Crippen LogP contribution in [-0.2, 0) is 4.79 Å². The first-order chi connectivity index (χ1) is 9.35. The molecule has 5 nitrogen and oxygen atoms in total. The van der Waals surface area contributed by atoms with Crippen LogP contribution in [0.25, 0.3) is 0 Å². The highest BCUT2D eigenvalue weighted by Crippen LogP contribution is 2.41. The number of hydrogen-bond donors (Lipinski definition) is 2. The van der Waals surface area contributed by atoms with Crippen molar-refractivity contribution in [2.75, 3.05) is 33.7 Å². The molecular formula is C15H30N4O. The van der Waals surface area contributed by atoms with Gasteiger partial charge >= 0.3 is 0 Å². The van der Waals surface area contributed by atoms with Crippen molar-refractivity contribution < 1.29 is 4.79 Å². The zero-order valence-electron chi connectivity index (χ0n) is 13.4. The van der Waals surface area contributed by atoms with Gasteiger partial charge in [-0.3, -0.25) is 15.0 Å². The molecule has 0 spiro atoms. The molecular weight excluding hydrogens is 252 g/mol. The second-order valence-electron chi connectivity index (χ2n) is 7.05. The van der Waals surface area contributed by atoms with Gasteiger partial charge in [-0.2, -0.15) is 0 Å². The fourth-order valence-corrected chi connectivity index (χ4v) is 3.46. The molecule has 0 aromatic carbocycles. The van der Waals surface area contributed by atoms with E-state index in [1.165, 1.54) is 6.42 Å². The van der Waals surface area contributed by atoms with E-state index in [-0.39, 0.29) is 11.9 Å². The zero-order valence-corrected chi connectivity index (χ0v) is 13.4. The highest BCUT2D eigenvalue weighted by atomic mass is 16.1. The number of likely N-dealkylation sites (tertiary alicyclic amines) is 1. The summed E-state index contributed by atoms with van der Waals surface area (Å²) >= 11 is 0. The Morgan fingerprint density at radius 2 is 2.05 bits per heavy atom. The van der Waals surface area contributed by atoms with Gasteiger partial charge in [-0.15, -0.1) is 0 Å². The highest BCUT2D eigenvalue weighted by molar-refractivity contribution is 5.86. The normalized spacial score (nSPS) is 27.2. The van der Waals surface area contributed by atoms with Gasteiger partial charge in [0.05, 0.1) is 0 Å². The molecule has 0 bridgehead atoms. The van der Waals surface area contributed by atoms with Crippen LogP contribution in [0.4, 0.5) is 0 Å². The van der Waals surface area contributed by atoms with Gasteiger partial charge in [0.1, 0.15) is 5.54 Å². The molecule has 2 unspecified atom stereocenters. The molecule has 2 fully saturated rings. The smallest absolute Gasteiger partial charge is 0.239 e. The molecule has 1 saturated carbocycles. The van der Waals surface area contributed by atoms with Crippen LogP contribution in [0.5, 0.6) is 0 Å². The van der Waals surface area contributed by atoms with Crippen LogP contribution in [0.2, 0.25) is 0 Å². The molecule has 3 N–H and O–H groups in total. The summed E-state index contributed by atoms with van der Waals surface area (Å²) in [6.45, 7) is 7.04. The number of primary amides is 1. The Kier molecular flexibility index (Phi) is 4.72. The van der Waals surface area contributed by atoms with E-state index in [9.17, 15) is 4.79 Å². The van der Waals surface area contributed by atoms with E-state index in [0.29, 0.717) is 12.0 Å². The fraction of sp³-hybridized carbons (Fsp3) is 0.933. The van der Waals surface area contributed by atoms with Crippen LogP contribution in [-0.4, -0.2) is 67.1 Å². The van der Waals surface area contributed by atoms with Crippen molar-refractivity contribution in [3.05, 3.63) is 0 Å². The molecule has 0 aromatic rings. The van der Waals surface area contributed by atoms with Crippen molar-refractivity contribution in [3.8, 4) is 0 Å². The molecule has 1 heterocycles. The number of rotatable bonds is 7. The number of carbonyl (C=O) groups is 1. The van der Waals surface area contributed by atoms with E-state index in [1.54, 1.807) is 0 Å². The Labute approximate surface area is 122 Å². The molecule has 2 rings (SSSR count). The average molecular weight is 282 g/mol. The number of carbonyl (C=O) groups excluding carboxylic acids is 1. The second kappa shape index (κ2) is 6.00. The molecule has 0 radical (unpaired) electrons. The maximum atomic E-state index is 12.2. The standard InChI is InChI=1S/C15H30N4O/c1-11(2)17-15(14(16)20,12-5-6-12)10-19-8-7-13(9-19)18(3)4/h11-13,17H,5-10H2,1-4H3,(H2,16,20). The first kappa shape index (κ1) is 15.7. The van der Waals surface area contributed by atoms with Crippen molar-refractivity contribution in [1.29, 1.82) is 0 Å². The van der Waals surface area contributed by atoms with Gasteiger partial charge < -0.3 is 10.6 Å². The number of nitrogens with zero attached hydrogens (tertiary/aromatic N) is 2. The molecule has 20 heavy (non-hydrogen) atoms. The van der Waals surface area contributed by atoms with E-state index in [0.717, 1.165) is 32.5 Å². The molecule has 1 aliphatic carbocycles. The lowest BCUT2D eigenvalue weighted by molar-refractivity contribution is -0.126. The predicted octanol–water partition coefficient (Wildman–Crippen LogP) is 0.254. The number of amides is 1. The number of nitrogens with one attached hydrogen (secondary N) is 1. The van der Waals surface area contributed by atoms with E-state index < -0.39 is 5.54 Å². The predicted molar refractivity (Wildman–Crippen MR) is 81.5 cm³/mol. The van der Waals surface area contributed by atoms with Crippen LogP contribution >= 0.6 is 0 Å². The van der Waals surface area contributed by atoms with Gasteiger partial charge in [-0.1, -0.05) is 0 Å². The third-order valence-corrected chi connectivity index (χ3v) is 4.71. The third kappa shape index (κ3) is 3.32. The summed E-state index contributed by atoms with van der Waals surface area (Å²) in [5.74, 6) is 0.239. The van der Waals surface area contributed by atoms with Crippen LogP contribution in [0.1, 0.15) is 33.1 Å². The summed E-state index contributed by atoms with van der Waals surface area (Å²) in [5, 5.41) is 3.50. The molecule has 1 saturated heterocycles. The lowest BCUT2D eigenvalue weighted by Crippen LogP contribution is -2.64. The number of likely N-dealkylation sites (N-methyl/N-ethyl adjacent to an activating group) is 1. The molecule has 5 heteroatoms. The molecule has 1 amide bonds. The van der Waals surface area contributed by atoms with Crippen molar-refractivity contribution >= 4 is 5.91 Å². The van der Waals surface area contributed by atoms with Gasteiger partial charge in [0.15, 0.2) is 0 Å². The quantitative estimate of drug-likeness (QED) is 0.703. The molecule has 1 aliphatic heterocycles. The van der Waals surface area contributed by atoms with Crippen molar-refractivity contribution in [2.45, 2.75) is 50.7 Å². The van der Waals surface area contributed by atoms with Crippen molar-refractivity contribution in [2.24, 2.45) is 11.7 Å². The largest absolute Gasteiger partial charge is 0.368 e. The Morgan fingerprint density at radius 3 is 2.45 bits per heavy atom. The lowest BCUT2D eigenvalue weighted by Gasteiger charge is -2.37. The first-order valence-corrected chi connectivity index (χ1v) is 7.81. The number of nitrogens with two attached hydrogens (primary N) is 1. The Balaban J connectivity index is 2.06. The van der Waals surface area contributed by atoms with E-state index in [1.807, 2.05) is 0 Å². The van der Waals surface area contributed by atoms with Crippen LogP contribution in [0.3, 0.4) is 0 Å². The lowest BCUT2D eigenvalue weighted by atomic mass is 9.90. The number of hydrogen-bond acceptors (Lipinski definition) is 4. The first-order valence-electron chi connectivity index (χ1n) is 7.81. The van der Waals surface area contributed by atoms with Gasteiger partial charge in [0.25, 0.3) is 0 Å². The van der Waals surface area contributed by atoms with Gasteiger partial charge in [0.2, 0.25) is 5.91 Å².